The van der Waals surface area contributed by atoms with Gasteiger partial charge in [-0.1, -0.05) is 19.9 Å². The largest absolute Gasteiger partial charge is 0.305 e. The van der Waals surface area contributed by atoms with Crippen molar-refractivity contribution in [1.82, 2.24) is 30.8 Å². The Morgan fingerprint density at radius 1 is 1.24 bits per heavy atom. The summed E-state index contributed by atoms with van der Waals surface area (Å²) in [5.41, 5.74) is 10.7. The Balaban J connectivity index is 1.27. The van der Waals surface area contributed by atoms with Gasteiger partial charge in [0.15, 0.2) is 0 Å². The fourth-order valence-corrected chi connectivity index (χ4v) is 5.11. The number of nitrogens with zero attached hydrogens (tertiary/aromatic N) is 4. The van der Waals surface area contributed by atoms with E-state index in [1.54, 1.807) is 0 Å². The summed E-state index contributed by atoms with van der Waals surface area (Å²) < 4.78 is 0. The molecule has 6 heteroatoms. The number of piperidine rings is 1. The number of hydrazine groups is 2. The molecule has 6 nitrogen and oxygen atoms in total. The summed E-state index contributed by atoms with van der Waals surface area (Å²) in [5, 5.41) is 2.25. The number of aryl methyl sites for hydroxylation is 1. The number of nitrogens with one attached hydrogen (secondary N) is 2. The van der Waals surface area contributed by atoms with Gasteiger partial charge in [0, 0.05) is 32.0 Å². The molecule has 0 bridgehead atoms. The molecule has 0 saturated carbocycles. The molecule has 2 aliphatic heterocycles. The Morgan fingerprint density at radius 3 is 2.86 bits per heavy atom. The Labute approximate surface area is 176 Å². The van der Waals surface area contributed by atoms with Crippen LogP contribution in [0.2, 0.25) is 0 Å². The van der Waals surface area contributed by atoms with Crippen LogP contribution in [0, 0.1) is 11.8 Å². The lowest BCUT2D eigenvalue weighted by Gasteiger charge is -2.34. The van der Waals surface area contributed by atoms with Crippen LogP contribution in [0.5, 0.6) is 0 Å². The zero-order valence-corrected chi connectivity index (χ0v) is 18.4. The maximum atomic E-state index is 4.70. The van der Waals surface area contributed by atoms with Crippen molar-refractivity contribution in [2.45, 2.75) is 52.0 Å². The molecule has 3 heterocycles. The van der Waals surface area contributed by atoms with Crippen LogP contribution in [0.3, 0.4) is 0 Å². The van der Waals surface area contributed by atoms with Crippen LogP contribution in [0.1, 0.15) is 56.8 Å². The molecular weight excluding hydrogens is 360 g/mol. The molecule has 1 aromatic rings. The number of hydrogen-bond donors (Lipinski definition) is 2. The number of hydrogen-bond acceptors (Lipinski definition) is 6. The van der Waals surface area contributed by atoms with E-state index in [1.165, 1.54) is 68.7 Å². The van der Waals surface area contributed by atoms with Crippen LogP contribution in [-0.4, -0.2) is 59.6 Å². The summed E-state index contributed by atoms with van der Waals surface area (Å²) in [6.45, 7) is 10.4. The van der Waals surface area contributed by atoms with Gasteiger partial charge in [0.2, 0.25) is 0 Å². The number of likely N-dealkylation sites (tertiary alicyclic amines) is 1. The average Bonchev–Trinajstić information content (AvgIpc) is 3.15. The lowest BCUT2D eigenvalue weighted by Crippen LogP contribution is -2.43. The molecule has 0 radical (unpaired) electrons. The molecule has 2 N–H and O–H groups in total. The van der Waals surface area contributed by atoms with Gasteiger partial charge in [0.05, 0.1) is 17.4 Å². The fraction of sp³-hybridized carbons (Fsp3) is 0.696. The third kappa shape index (κ3) is 5.30. The van der Waals surface area contributed by atoms with Crippen molar-refractivity contribution in [2.75, 3.05) is 39.8 Å². The second kappa shape index (κ2) is 9.45. The molecule has 1 aromatic heterocycles. The van der Waals surface area contributed by atoms with Crippen LogP contribution in [0.25, 0.3) is 0 Å². The van der Waals surface area contributed by atoms with Gasteiger partial charge in [-0.3, -0.25) is 14.9 Å². The molecule has 1 aliphatic carbocycles. The molecule has 160 valence electrons. The Kier molecular flexibility index (Phi) is 6.73. The minimum Gasteiger partial charge on any atom is -0.305 e. The Hall–Kier alpha value is -1.63. The van der Waals surface area contributed by atoms with Gasteiger partial charge in [-0.25, -0.2) is 0 Å². The third-order valence-electron chi connectivity index (χ3n) is 6.57. The van der Waals surface area contributed by atoms with Crippen LogP contribution < -0.4 is 11.0 Å². The molecule has 4 rings (SSSR count). The minimum absolute atomic E-state index is 0.419. The van der Waals surface area contributed by atoms with Gasteiger partial charge in [-0.2, -0.15) is 0 Å². The van der Waals surface area contributed by atoms with Gasteiger partial charge >= 0.3 is 0 Å². The van der Waals surface area contributed by atoms with E-state index in [0.29, 0.717) is 6.04 Å². The summed E-state index contributed by atoms with van der Waals surface area (Å²) in [4.78, 5) is 9.77. The van der Waals surface area contributed by atoms with E-state index >= 15 is 0 Å². The minimum atomic E-state index is 0.419. The van der Waals surface area contributed by atoms with E-state index in [2.05, 4.69) is 65.0 Å². The molecule has 0 aromatic carbocycles. The standard InChI is InChI=1S/C23H38N6/c1-18(2)14-28-12-9-19(10-13-28)15-29-17-21(25-26-29)16-27(3)22-8-4-6-20-7-5-11-24-23(20)22/h5,7,11,17-19,22,25-26H,4,6,8-10,12-16H2,1-3H3. The van der Waals surface area contributed by atoms with E-state index in [-0.39, 0.29) is 0 Å². The number of fused-ring (bicyclic) bond motifs is 1. The molecule has 0 spiro atoms. The lowest BCUT2D eigenvalue weighted by molar-refractivity contribution is 0.134. The third-order valence-corrected chi connectivity index (χ3v) is 6.57. The van der Waals surface area contributed by atoms with Crippen molar-refractivity contribution < 1.29 is 0 Å². The normalized spacial score (nSPS) is 23.4. The van der Waals surface area contributed by atoms with Crippen molar-refractivity contribution in [2.24, 2.45) is 11.8 Å². The molecule has 29 heavy (non-hydrogen) atoms. The maximum Gasteiger partial charge on any atom is 0.0607 e. The van der Waals surface area contributed by atoms with E-state index in [0.717, 1.165) is 24.9 Å². The van der Waals surface area contributed by atoms with Crippen LogP contribution in [0.4, 0.5) is 0 Å². The zero-order chi connectivity index (χ0) is 20.2. The molecular formula is C23H38N6. The predicted molar refractivity (Wildman–Crippen MR) is 118 cm³/mol. The van der Waals surface area contributed by atoms with Gasteiger partial charge < -0.3 is 10.3 Å². The van der Waals surface area contributed by atoms with E-state index in [9.17, 15) is 0 Å². The molecule has 0 amide bonds. The van der Waals surface area contributed by atoms with Crippen LogP contribution >= 0.6 is 0 Å². The first-order valence-corrected chi connectivity index (χ1v) is 11.4. The summed E-state index contributed by atoms with van der Waals surface area (Å²) in [6, 6.07) is 4.73. The van der Waals surface area contributed by atoms with Crippen molar-refractivity contribution in [3.05, 3.63) is 41.5 Å². The highest BCUT2D eigenvalue weighted by atomic mass is 15.7. The summed E-state index contributed by atoms with van der Waals surface area (Å²) in [5.74, 6) is 1.54. The molecule has 1 saturated heterocycles. The van der Waals surface area contributed by atoms with Crippen LogP contribution in [0.15, 0.2) is 30.2 Å². The first kappa shape index (κ1) is 20.6. The zero-order valence-electron chi connectivity index (χ0n) is 18.4. The number of rotatable bonds is 7. The number of pyridine rings is 1. The van der Waals surface area contributed by atoms with Gasteiger partial charge in [0.25, 0.3) is 0 Å². The van der Waals surface area contributed by atoms with Gasteiger partial charge in [-0.15, -0.1) is 5.53 Å². The van der Waals surface area contributed by atoms with E-state index in [4.69, 9.17) is 4.98 Å². The molecule has 1 fully saturated rings. The Bertz CT molecular complexity index is 694. The van der Waals surface area contributed by atoms with Gasteiger partial charge in [-0.05, 0) is 75.7 Å². The highest BCUT2D eigenvalue weighted by Gasteiger charge is 2.27. The lowest BCUT2D eigenvalue weighted by atomic mass is 9.91. The molecule has 3 aliphatic rings. The highest BCUT2D eigenvalue weighted by Crippen LogP contribution is 2.32. The first-order chi connectivity index (χ1) is 14.1. The second-order valence-corrected chi connectivity index (χ2v) is 9.55. The SMILES string of the molecule is CC(C)CN1CCC(CN2C=C(CN(C)C3CCCc4cccnc43)NN2)CC1. The van der Waals surface area contributed by atoms with Crippen molar-refractivity contribution >= 4 is 0 Å². The fourth-order valence-electron chi connectivity index (χ4n) is 5.11. The summed E-state index contributed by atoms with van der Waals surface area (Å²) in [6.07, 6.45) is 10.4. The second-order valence-electron chi connectivity index (χ2n) is 9.55. The van der Waals surface area contributed by atoms with Crippen molar-refractivity contribution in [1.29, 1.82) is 0 Å². The monoisotopic (exact) mass is 398 g/mol. The first-order valence-electron chi connectivity index (χ1n) is 11.4. The van der Waals surface area contributed by atoms with Crippen LogP contribution in [-0.2, 0) is 6.42 Å². The Morgan fingerprint density at radius 2 is 2.07 bits per heavy atom. The molecule has 1 unspecified atom stereocenters. The smallest absolute Gasteiger partial charge is 0.0607 e. The predicted octanol–water partition coefficient (Wildman–Crippen LogP) is 2.93. The van der Waals surface area contributed by atoms with Crippen molar-refractivity contribution in [3.8, 4) is 0 Å². The maximum absolute atomic E-state index is 4.70. The van der Waals surface area contributed by atoms with E-state index in [1.807, 2.05) is 6.20 Å². The number of likely N-dealkylation sites (N-methyl/N-ethyl adjacent to an activating group) is 1. The number of aromatic nitrogens is 1. The highest BCUT2D eigenvalue weighted by molar-refractivity contribution is 5.25. The summed E-state index contributed by atoms with van der Waals surface area (Å²) >= 11 is 0. The average molecular weight is 399 g/mol. The van der Waals surface area contributed by atoms with Gasteiger partial charge in [0.1, 0.15) is 0 Å². The van der Waals surface area contributed by atoms with Crippen molar-refractivity contribution in [3.63, 3.8) is 0 Å². The van der Waals surface area contributed by atoms with E-state index < -0.39 is 0 Å². The topological polar surface area (TPSA) is 46.7 Å². The summed E-state index contributed by atoms with van der Waals surface area (Å²) in [7, 11) is 2.23. The quantitative estimate of drug-likeness (QED) is 0.736. The molecule has 1 atom stereocenters.